The van der Waals surface area contributed by atoms with Crippen LogP contribution in [0.4, 0.5) is 30.6 Å². The van der Waals surface area contributed by atoms with Gasteiger partial charge < -0.3 is 10.2 Å². The molecule has 1 aliphatic rings. The molecule has 28 heavy (non-hydrogen) atoms. The van der Waals surface area contributed by atoms with Crippen molar-refractivity contribution in [3.63, 3.8) is 0 Å². The molecule has 4 nitrogen and oxygen atoms in total. The largest absolute Gasteiger partial charge is 0.416 e. The summed E-state index contributed by atoms with van der Waals surface area (Å²) in [5.74, 6) is 1.17. The van der Waals surface area contributed by atoms with Gasteiger partial charge in [0.15, 0.2) is 0 Å². The van der Waals surface area contributed by atoms with Crippen molar-refractivity contribution in [3.8, 4) is 0 Å². The fourth-order valence-electron chi connectivity index (χ4n) is 3.32. The molecule has 144 valence electrons. The van der Waals surface area contributed by atoms with Gasteiger partial charge in [0.1, 0.15) is 5.82 Å². The summed E-state index contributed by atoms with van der Waals surface area (Å²) in [5.41, 5.74) is 3.26. The zero-order valence-corrected chi connectivity index (χ0v) is 15.3. The van der Waals surface area contributed by atoms with Gasteiger partial charge in [0.05, 0.1) is 5.56 Å². The molecule has 4 rings (SSSR count). The van der Waals surface area contributed by atoms with Gasteiger partial charge in [-0.25, -0.2) is 4.98 Å². The first-order valence-electron chi connectivity index (χ1n) is 9.00. The van der Waals surface area contributed by atoms with E-state index in [1.807, 2.05) is 19.1 Å². The van der Waals surface area contributed by atoms with Crippen molar-refractivity contribution in [3.05, 3.63) is 77.0 Å². The van der Waals surface area contributed by atoms with Gasteiger partial charge in [0.2, 0.25) is 5.95 Å². The van der Waals surface area contributed by atoms with Gasteiger partial charge in [-0.1, -0.05) is 24.3 Å². The topological polar surface area (TPSA) is 41.1 Å². The zero-order chi connectivity index (χ0) is 19.7. The summed E-state index contributed by atoms with van der Waals surface area (Å²) >= 11 is 0. The van der Waals surface area contributed by atoms with Gasteiger partial charge >= 0.3 is 6.18 Å². The lowest BCUT2D eigenvalue weighted by molar-refractivity contribution is -0.137. The highest BCUT2D eigenvalue weighted by atomic mass is 19.4. The average Bonchev–Trinajstić information content (AvgIpc) is 2.67. The summed E-state index contributed by atoms with van der Waals surface area (Å²) in [6.45, 7) is 3.43. The van der Waals surface area contributed by atoms with Crippen LogP contribution in [0.1, 0.15) is 22.4 Å². The monoisotopic (exact) mass is 384 g/mol. The number of aryl methyl sites for hydroxylation is 1. The number of anilines is 3. The molecule has 1 aliphatic heterocycles. The number of alkyl halides is 3. The SMILES string of the molecule is Cc1cc(Nc2ccc(C(F)(F)F)cc2)nc(N2CCc3ccccc3C2)n1. The molecule has 0 saturated carbocycles. The van der Waals surface area contributed by atoms with E-state index < -0.39 is 11.7 Å². The quantitative estimate of drug-likeness (QED) is 0.681. The minimum atomic E-state index is -4.35. The molecule has 1 aromatic heterocycles. The number of nitrogens with one attached hydrogen (secondary N) is 1. The van der Waals surface area contributed by atoms with Crippen molar-refractivity contribution in [2.45, 2.75) is 26.1 Å². The Morgan fingerprint density at radius 1 is 0.964 bits per heavy atom. The van der Waals surface area contributed by atoms with Crippen molar-refractivity contribution in [1.82, 2.24) is 9.97 Å². The van der Waals surface area contributed by atoms with Gasteiger partial charge in [-0.15, -0.1) is 0 Å². The third-order valence-corrected chi connectivity index (χ3v) is 4.74. The minimum Gasteiger partial charge on any atom is -0.340 e. The summed E-state index contributed by atoms with van der Waals surface area (Å²) in [6.07, 6.45) is -3.42. The predicted molar refractivity (Wildman–Crippen MR) is 103 cm³/mol. The molecule has 0 aliphatic carbocycles. The molecule has 2 aromatic carbocycles. The third-order valence-electron chi connectivity index (χ3n) is 4.74. The Morgan fingerprint density at radius 2 is 1.68 bits per heavy atom. The fourth-order valence-corrected chi connectivity index (χ4v) is 3.32. The summed E-state index contributed by atoms with van der Waals surface area (Å²) in [7, 11) is 0. The normalized spacial score (nSPS) is 13.9. The molecule has 3 aromatic rings. The van der Waals surface area contributed by atoms with Crippen LogP contribution in [0.15, 0.2) is 54.6 Å². The van der Waals surface area contributed by atoms with E-state index in [4.69, 9.17) is 0 Å². The number of rotatable bonds is 3. The lowest BCUT2D eigenvalue weighted by Gasteiger charge is -2.29. The first-order chi connectivity index (χ1) is 13.4. The van der Waals surface area contributed by atoms with Crippen LogP contribution in [0.5, 0.6) is 0 Å². The number of halogens is 3. The summed E-state index contributed by atoms with van der Waals surface area (Å²) < 4.78 is 38.2. The Labute approximate surface area is 161 Å². The molecule has 0 amide bonds. The second kappa shape index (κ2) is 7.14. The fraction of sp³-hybridized carbons (Fsp3) is 0.238. The molecule has 0 bridgehead atoms. The molecule has 0 atom stereocenters. The van der Waals surface area contributed by atoms with E-state index in [-0.39, 0.29) is 0 Å². The van der Waals surface area contributed by atoms with Gasteiger partial charge in [-0.3, -0.25) is 0 Å². The van der Waals surface area contributed by atoms with Crippen LogP contribution >= 0.6 is 0 Å². The first kappa shape index (κ1) is 18.3. The predicted octanol–water partition coefficient (Wildman–Crippen LogP) is 5.11. The van der Waals surface area contributed by atoms with Crippen LogP contribution in [-0.4, -0.2) is 16.5 Å². The van der Waals surface area contributed by atoms with Crippen LogP contribution in [0, 0.1) is 6.92 Å². The van der Waals surface area contributed by atoms with Crippen LogP contribution in [0.25, 0.3) is 0 Å². The zero-order valence-electron chi connectivity index (χ0n) is 15.3. The van der Waals surface area contributed by atoms with Gasteiger partial charge in [0, 0.05) is 30.5 Å². The van der Waals surface area contributed by atoms with E-state index in [2.05, 4.69) is 32.3 Å². The standard InChI is InChI=1S/C21H19F3N4/c1-14-12-19(26-18-8-6-17(7-9-18)21(22,23)24)27-20(25-14)28-11-10-15-4-2-3-5-16(15)13-28/h2-9,12H,10-11,13H2,1H3,(H,25,26,27). The molecule has 0 spiro atoms. The molecule has 7 heteroatoms. The van der Waals surface area contributed by atoms with Crippen molar-refractivity contribution in [2.24, 2.45) is 0 Å². The Hall–Kier alpha value is -3.09. The number of nitrogens with zero attached hydrogens (tertiary/aromatic N) is 3. The summed E-state index contributed by atoms with van der Waals surface area (Å²) in [6, 6.07) is 15.0. The molecule has 0 unspecified atom stereocenters. The van der Waals surface area contributed by atoms with Gasteiger partial charge in [0.25, 0.3) is 0 Å². The van der Waals surface area contributed by atoms with E-state index >= 15 is 0 Å². The Balaban J connectivity index is 1.55. The van der Waals surface area contributed by atoms with E-state index in [1.165, 1.54) is 23.3 Å². The molecule has 0 fully saturated rings. The van der Waals surface area contributed by atoms with E-state index in [0.29, 0.717) is 17.5 Å². The van der Waals surface area contributed by atoms with Crippen LogP contribution in [0.3, 0.4) is 0 Å². The second-order valence-electron chi connectivity index (χ2n) is 6.83. The molecular formula is C21H19F3N4. The lowest BCUT2D eigenvalue weighted by Crippen LogP contribution is -2.32. The highest BCUT2D eigenvalue weighted by Gasteiger charge is 2.30. The molecule has 0 saturated heterocycles. The van der Waals surface area contributed by atoms with Crippen LogP contribution in [-0.2, 0) is 19.1 Å². The molecular weight excluding hydrogens is 365 g/mol. The smallest absolute Gasteiger partial charge is 0.340 e. The highest BCUT2D eigenvalue weighted by molar-refractivity contribution is 5.58. The van der Waals surface area contributed by atoms with Crippen molar-refractivity contribution in [1.29, 1.82) is 0 Å². The maximum atomic E-state index is 12.7. The lowest BCUT2D eigenvalue weighted by atomic mass is 10.0. The van der Waals surface area contributed by atoms with E-state index in [1.54, 1.807) is 6.07 Å². The minimum absolute atomic E-state index is 0.543. The van der Waals surface area contributed by atoms with Crippen molar-refractivity contribution >= 4 is 17.5 Å². The van der Waals surface area contributed by atoms with Crippen molar-refractivity contribution in [2.75, 3.05) is 16.8 Å². The van der Waals surface area contributed by atoms with Crippen LogP contribution < -0.4 is 10.2 Å². The number of benzene rings is 2. The van der Waals surface area contributed by atoms with E-state index in [0.717, 1.165) is 37.3 Å². The van der Waals surface area contributed by atoms with Gasteiger partial charge in [-0.2, -0.15) is 18.2 Å². The number of hydrogen-bond acceptors (Lipinski definition) is 4. The molecule has 0 radical (unpaired) electrons. The maximum absolute atomic E-state index is 12.7. The molecule has 2 heterocycles. The van der Waals surface area contributed by atoms with E-state index in [9.17, 15) is 13.2 Å². The summed E-state index contributed by atoms with van der Waals surface area (Å²) in [4.78, 5) is 11.2. The third kappa shape index (κ3) is 3.93. The Morgan fingerprint density at radius 3 is 2.39 bits per heavy atom. The van der Waals surface area contributed by atoms with Crippen molar-refractivity contribution < 1.29 is 13.2 Å². The first-order valence-corrected chi connectivity index (χ1v) is 9.00. The Bertz CT molecular complexity index is 984. The van der Waals surface area contributed by atoms with Crippen LogP contribution in [0.2, 0.25) is 0 Å². The summed E-state index contributed by atoms with van der Waals surface area (Å²) in [5, 5.41) is 3.08. The number of aromatic nitrogens is 2. The second-order valence-corrected chi connectivity index (χ2v) is 6.83. The molecule has 1 N–H and O–H groups in total. The average molecular weight is 384 g/mol. The highest BCUT2D eigenvalue weighted by Crippen LogP contribution is 2.30. The maximum Gasteiger partial charge on any atom is 0.416 e. The van der Waals surface area contributed by atoms with Gasteiger partial charge in [-0.05, 0) is 48.7 Å². The number of fused-ring (bicyclic) bond motifs is 1. The Kier molecular flexibility index (Phi) is 4.66. The number of hydrogen-bond donors (Lipinski definition) is 1.